The van der Waals surface area contributed by atoms with E-state index in [1.165, 1.54) is 109 Å². The van der Waals surface area contributed by atoms with Gasteiger partial charge in [-0.05, 0) is 135 Å². The van der Waals surface area contributed by atoms with Crippen LogP contribution in [0.1, 0.15) is 336 Å². The van der Waals surface area contributed by atoms with Crippen molar-refractivity contribution >= 4 is 39.5 Å². The first-order valence-electron chi connectivity index (χ1n) is 41.4. The van der Waals surface area contributed by atoms with Gasteiger partial charge in [-0.1, -0.05) is 309 Å². The summed E-state index contributed by atoms with van der Waals surface area (Å²) in [5, 5.41) is 10.7. The lowest BCUT2D eigenvalue weighted by Gasteiger charge is -2.21. The van der Waals surface area contributed by atoms with Crippen LogP contribution in [0.15, 0.2) is 134 Å². The van der Waals surface area contributed by atoms with Crippen molar-refractivity contribution in [1.82, 2.24) is 0 Å². The van der Waals surface area contributed by atoms with E-state index in [1.807, 2.05) is 12.2 Å². The van der Waals surface area contributed by atoms with E-state index < -0.39 is 97.5 Å². The first-order valence-corrected chi connectivity index (χ1v) is 44.4. The molecule has 17 nitrogen and oxygen atoms in total. The zero-order chi connectivity index (χ0) is 77.4. The maximum atomic E-state index is 13.1. The summed E-state index contributed by atoms with van der Waals surface area (Å²) in [6.45, 7) is 4.62. The van der Waals surface area contributed by atoms with Crippen molar-refractivity contribution < 1.29 is 80.2 Å². The molecule has 0 radical (unpaired) electrons. The van der Waals surface area contributed by atoms with E-state index >= 15 is 0 Å². The second-order valence-electron chi connectivity index (χ2n) is 27.3. The summed E-state index contributed by atoms with van der Waals surface area (Å²) < 4.78 is 68.6. The van der Waals surface area contributed by atoms with Crippen LogP contribution in [-0.4, -0.2) is 96.7 Å². The third-order valence-electron chi connectivity index (χ3n) is 17.1. The van der Waals surface area contributed by atoms with Gasteiger partial charge in [0.25, 0.3) is 0 Å². The highest BCUT2D eigenvalue weighted by atomic mass is 31.2. The molecule has 0 fully saturated rings. The minimum Gasteiger partial charge on any atom is -0.462 e. The molecule has 0 heterocycles. The van der Waals surface area contributed by atoms with Crippen LogP contribution < -0.4 is 0 Å². The number of aliphatic hydroxyl groups excluding tert-OH is 1. The van der Waals surface area contributed by atoms with Crippen LogP contribution in [0.5, 0.6) is 0 Å². The molecule has 0 saturated carbocycles. The van der Waals surface area contributed by atoms with Crippen molar-refractivity contribution in [2.45, 2.75) is 354 Å². The number of esters is 4. The van der Waals surface area contributed by atoms with Crippen molar-refractivity contribution in [3.8, 4) is 0 Å². The van der Waals surface area contributed by atoms with Crippen LogP contribution in [0.25, 0.3) is 0 Å². The zero-order valence-corrected chi connectivity index (χ0v) is 68.4. The molecule has 0 aromatic heterocycles. The number of aliphatic hydroxyl groups is 1. The number of phosphoric ester groups is 2. The Morgan fingerprint density at radius 1 is 0.274 bits per heavy atom. The summed E-state index contributed by atoms with van der Waals surface area (Å²) in [5.74, 6) is -2.30. The highest BCUT2D eigenvalue weighted by Gasteiger charge is 2.30. The van der Waals surface area contributed by atoms with Crippen LogP contribution in [0.2, 0.25) is 0 Å². The predicted molar refractivity (Wildman–Crippen MR) is 436 cm³/mol. The Hall–Kier alpha value is -4.80. The number of hydrogen-bond acceptors (Lipinski definition) is 15. The van der Waals surface area contributed by atoms with E-state index in [2.05, 4.69) is 149 Å². The molecular formula is C87H148O17P2. The molecule has 106 heavy (non-hydrogen) atoms. The second-order valence-corrected chi connectivity index (χ2v) is 30.2. The van der Waals surface area contributed by atoms with Gasteiger partial charge in [0, 0.05) is 25.7 Å². The van der Waals surface area contributed by atoms with Crippen LogP contribution in [-0.2, 0) is 65.4 Å². The minimum atomic E-state index is -5.00. The molecule has 0 aliphatic carbocycles. The quantitative estimate of drug-likeness (QED) is 0.0169. The Balaban J connectivity index is 5.45. The molecule has 19 heteroatoms. The highest BCUT2D eigenvalue weighted by molar-refractivity contribution is 7.47. The number of unbranched alkanes of at least 4 members (excludes halogenated alkanes) is 29. The van der Waals surface area contributed by atoms with Crippen molar-refractivity contribution in [1.29, 1.82) is 0 Å². The fraction of sp³-hybridized carbons (Fsp3) is 0.701. The van der Waals surface area contributed by atoms with Gasteiger partial charge in [-0.3, -0.25) is 37.3 Å². The number of carbonyl (C=O) groups excluding carboxylic acids is 4. The fourth-order valence-electron chi connectivity index (χ4n) is 10.8. The SMILES string of the molecule is CC/C=C\C/C=C\C/C=C\C/C=C\C/C=C\CCCCCC(=O)O[C@H](COC(=O)CCCCCCCCC/C=C\CCCCCC)COP(=O)(O)OC[C@H](O)COP(=O)(O)OC[C@@H](COC(=O)CC/C=C\C/C=C\C/C=C\C/C=C\C/C=C\CCCCC)OC(=O)CCCCCCCCCCCCCCC. The van der Waals surface area contributed by atoms with E-state index in [4.69, 9.17) is 37.0 Å². The Morgan fingerprint density at radius 3 is 0.858 bits per heavy atom. The van der Waals surface area contributed by atoms with Crippen LogP contribution in [0.4, 0.5) is 0 Å². The van der Waals surface area contributed by atoms with Gasteiger partial charge in [0.2, 0.25) is 0 Å². The molecule has 3 N–H and O–H groups in total. The molecule has 608 valence electrons. The van der Waals surface area contributed by atoms with Crippen LogP contribution in [0.3, 0.4) is 0 Å². The first-order chi connectivity index (χ1) is 51.7. The van der Waals surface area contributed by atoms with E-state index in [-0.39, 0.29) is 25.7 Å². The summed E-state index contributed by atoms with van der Waals surface area (Å²) in [6.07, 6.45) is 88.6. The number of allylic oxidation sites excluding steroid dienone is 22. The maximum Gasteiger partial charge on any atom is 0.472 e. The molecule has 0 aromatic rings. The fourth-order valence-corrected chi connectivity index (χ4v) is 12.4. The van der Waals surface area contributed by atoms with Gasteiger partial charge in [0.05, 0.1) is 26.4 Å². The smallest absolute Gasteiger partial charge is 0.462 e. The molecule has 0 spiro atoms. The molecular weight excluding hydrogens is 1380 g/mol. The van der Waals surface area contributed by atoms with Gasteiger partial charge >= 0.3 is 39.5 Å². The monoisotopic (exact) mass is 1530 g/mol. The van der Waals surface area contributed by atoms with Gasteiger partial charge in [-0.15, -0.1) is 0 Å². The summed E-state index contributed by atoms with van der Waals surface area (Å²) >= 11 is 0. The molecule has 0 aromatic carbocycles. The van der Waals surface area contributed by atoms with Crippen LogP contribution >= 0.6 is 15.6 Å². The Labute approximate surface area is 644 Å². The molecule has 5 atom stereocenters. The highest BCUT2D eigenvalue weighted by Crippen LogP contribution is 2.45. The van der Waals surface area contributed by atoms with Gasteiger partial charge in [0.1, 0.15) is 19.3 Å². The third kappa shape index (κ3) is 77.4. The molecule has 0 saturated heterocycles. The second kappa shape index (κ2) is 78.3. The van der Waals surface area contributed by atoms with Crippen molar-refractivity contribution in [2.75, 3.05) is 39.6 Å². The normalized spacial score (nSPS) is 14.5. The average molecular weight is 1530 g/mol. The van der Waals surface area contributed by atoms with Crippen molar-refractivity contribution in [3.63, 3.8) is 0 Å². The molecule has 0 aliphatic rings. The molecule has 2 unspecified atom stereocenters. The zero-order valence-electron chi connectivity index (χ0n) is 66.6. The molecule has 0 rings (SSSR count). The van der Waals surface area contributed by atoms with Crippen molar-refractivity contribution in [2.24, 2.45) is 0 Å². The number of rotatable bonds is 77. The number of ether oxygens (including phenoxy) is 4. The van der Waals surface area contributed by atoms with E-state index in [9.17, 15) is 43.2 Å². The van der Waals surface area contributed by atoms with Gasteiger partial charge in [0.15, 0.2) is 12.2 Å². The predicted octanol–water partition coefficient (Wildman–Crippen LogP) is 24.4. The lowest BCUT2D eigenvalue weighted by molar-refractivity contribution is -0.161. The van der Waals surface area contributed by atoms with E-state index in [0.717, 1.165) is 141 Å². The molecule has 0 amide bonds. The third-order valence-corrected chi connectivity index (χ3v) is 19.0. The summed E-state index contributed by atoms with van der Waals surface area (Å²) in [6, 6.07) is 0. The summed E-state index contributed by atoms with van der Waals surface area (Å²) in [7, 11) is -9.99. The topological polar surface area (TPSA) is 237 Å². The van der Waals surface area contributed by atoms with Gasteiger partial charge in [-0.25, -0.2) is 9.13 Å². The maximum absolute atomic E-state index is 13.1. The Bertz CT molecular complexity index is 2530. The molecule has 0 aliphatic heterocycles. The Kier molecular flexibility index (Phi) is 74.8. The summed E-state index contributed by atoms with van der Waals surface area (Å²) in [5.41, 5.74) is 0. The lowest BCUT2D eigenvalue weighted by atomic mass is 10.0. The Morgan fingerprint density at radius 2 is 0.509 bits per heavy atom. The average Bonchev–Trinajstić information content (AvgIpc) is 0.901. The number of carbonyl (C=O) groups is 4. The lowest BCUT2D eigenvalue weighted by Crippen LogP contribution is -2.30. The molecule has 0 bridgehead atoms. The van der Waals surface area contributed by atoms with E-state index in [1.54, 1.807) is 0 Å². The van der Waals surface area contributed by atoms with Crippen molar-refractivity contribution in [3.05, 3.63) is 134 Å². The van der Waals surface area contributed by atoms with E-state index in [0.29, 0.717) is 32.1 Å². The number of hydrogen-bond donors (Lipinski definition) is 3. The standard InChI is InChI=1S/C87H148O17P2/c1-5-9-13-17-21-25-29-33-36-38-40-42-45-49-52-56-60-64-68-72-85(90)98-77-82(103-86(91)73-69-65-61-57-53-47-32-28-24-20-16-12-8-4)79-101-105(93,94)99-75-81(88)76-100-106(95,96)102-80-83(78-97-84(89)71-67-63-59-55-51-48-44-35-31-27-23-19-15-11-7-3)104-87(92)74-70-66-62-58-54-50-46-43-41-39-37-34-30-26-22-18-14-10-6-2/h10,14,21-22,25-27,31,33-34,36-37,40-43,49-50,52,54,60,64,81-83,88H,5-9,11-13,15-20,23-24,28-30,32,35,38-39,44-48,51,53,55-59,61-63,65-80H2,1-4H3,(H,93,94)(H,95,96)/b14-10-,25-21-,26-22-,31-27-,36-33-,37-34-,42-40-,43-41-,52-49-,54-50-,64-60-/t81-,82-,83-/m1/s1. The first kappa shape index (κ1) is 101. The van der Waals surface area contributed by atoms with Crippen LogP contribution in [0, 0.1) is 0 Å². The van der Waals surface area contributed by atoms with Gasteiger partial charge < -0.3 is 33.8 Å². The largest absolute Gasteiger partial charge is 0.472 e. The number of phosphoric acid groups is 2. The summed E-state index contributed by atoms with van der Waals surface area (Å²) in [4.78, 5) is 73.1. The van der Waals surface area contributed by atoms with Gasteiger partial charge in [-0.2, -0.15) is 0 Å². The minimum absolute atomic E-state index is 0.0370.